The summed E-state index contributed by atoms with van der Waals surface area (Å²) in [4.78, 5) is 4.05. The number of aromatic nitrogens is 2. The average molecular weight is 342 g/mol. The Bertz CT molecular complexity index is 565. The fraction of sp³-hybridized carbons (Fsp3) is 0.438. The molecule has 0 saturated heterocycles. The molecule has 1 aromatic heterocycles. The van der Waals surface area contributed by atoms with E-state index in [9.17, 15) is 0 Å². The molecule has 6 nitrogen and oxygen atoms in total. The molecular weight excluding hydrogens is 318 g/mol. The molecule has 0 amide bonds. The molecule has 2 rings (SSSR count). The molecule has 0 aliphatic carbocycles. The van der Waals surface area contributed by atoms with Crippen LogP contribution >= 0.6 is 12.4 Å². The summed E-state index contributed by atoms with van der Waals surface area (Å²) in [6, 6.07) is 4.23. The molecule has 23 heavy (non-hydrogen) atoms. The SMILES string of the molecule is COc1cc(CNC(C)Cn2ccnc2)cc(OC)c1OC.Cl. The molecule has 0 aliphatic rings. The minimum absolute atomic E-state index is 0. The summed E-state index contributed by atoms with van der Waals surface area (Å²) in [5.41, 5.74) is 1.08. The molecule has 0 spiro atoms. The van der Waals surface area contributed by atoms with Gasteiger partial charge in [-0.3, -0.25) is 0 Å². The van der Waals surface area contributed by atoms with E-state index < -0.39 is 0 Å². The Hall–Kier alpha value is -1.92. The molecule has 1 atom stereocenters. The zero-order chi connectivity index (χ0) is 15.9. The monoisotopic (exact) mass is 341 g/mol. The van der Waals surface area contributed by atoms with Crippen molar-refractivity contribution < 1.29 is 14.2 Å². The molecule has 7 heteroatoms. The minimum Gasteiger partial charge on any atom is -0.493 e. The fourth-order valence-corrected chi connectivity index (χ4v) is 2.31. The van der Waals surface area contributed by atoms with Crippen LogP contribution in [0, 0.1) is 0 Å². The lowest BCUT2D eigenvalue weighted by Gasteiger charge is -2.17. The van der Waals surface area contributed by atoms with Crippen LogP contribution in [-0.4, -0.2) is 36.9 Å². The lowest BCUT2D eigenvalue weighted by atomic mass is 10.1. The highest BCUT2D eigenvalue weighted by Crippen LogP contribution is 2.38. The average Bonchev–Trinajstić information content (AvgIpc) is 3.04. The van der Waals surface area contributed by atoms with Crippen molar-refractivity contribution in [2.75, 3.05) is 21.3 Å². The number of benzene rings is 1. The van der Waals surface area contributed by atoms with E-state index in [0.29, 0.717) is 29.8 Å². The number of methoxy groups -OCH3 is 3. The first-order valence-corrected chi connectivity index (χ1v) is 7.16. The summed E-state index contributed by atoms with van der Waals surface area (Å²) >= 11 is 0. The van der Waals surface area contributed by atoms with Gasteiger partial charge in [0, 0.05) is 31.5 Å². The van der Waals surface area contributed by atoms with Gasteiger partial charge in [-0.2, -0.15) is 0 Å². The Morgan fingerprint density at radius 2 is 1.78 bits per heavy atom. The molecule has 0 aliphatic heterocycles. The van der Waals surface area contributed by atoms with Crippen LogP contribution in [0.3, 0.4) is 0 Å². The molecule has 0 radical (unpaired) electrons. The standard InChI is InChI=1S/C16H23N3O3.ClH/c1-12(10-19-6-5-17-11-19)18-9-13-7-14(20-2)16(22-4)15(8-13)21-3;/h5-8,11-12,18H,9-10H2,1-4H3;1H. The zero-order valence-electron chi connectivity index (χ0n) is 13.9. The van der Waals surface area contributed by atoms with Crippen LogP contribution in [0.4, 0.5) is 0 Å². The van der Waals surface area contributed by atoms with E-state index in [0.717, 1.165) is 12.1 Å². The highest BCUT2D eigenvalue weighted by Gasteiger charge is 2.13. The third kappa shape index (κ3) is 5.04. The molecule has 1 heterocycles. The van der Waals surface area contributed by atoms with Crippen LogP contribution in [-0.2, 0) is 13.1 Å². The van der Waals surface area contributed by atoms with Crippen molar-refractivity contribution in [1.29, 1.82) is 0 Å². The van der Waals surface area contributed by atoms with Gasteiger partial charge in [-0.25, -0.2) is 4.98 Å². The van der Waals surface area contributed by atoms with Crippen LogP contribution in [0.15, 0.2) is 30.9 Å². The van der Waals surface area contributed by atoms with E-state index in [-0.39, 0.29) is 12.4 Å². The molecule has 1 unspecified atom stereocenters. The van der Waals surface area contributed by atoms with Crippen molar-refractivity contribution >= 4 is 12.4 Å². The third-order valence-corrected chi connectivity index (χ3v) is 3.42. The topological polar surface area (TPSA) is 57.5 Å². The summed E-state index contributed by atoms with van der Waals surface area (Å²) in [6.07, 6.45) is 5.56. The van der Waals surface area contributed by atoms with Gasteiger partial charge < -0.3 is 24.1 Å². The number of hydrogen-bond donors (Lipinski definition) is 1. The van der Waals surface area contributed by atoms with Gasteiger partial charge in [0.25, 0.3) is 0 Å². The zero-order valence-corrected chi connectivity index (χ0v) is 14.7. The van der Waals surface area contributed by atoms with Crippen molar-refractivity contribution in [2.45, 2.75) is 26.1 Å². The van der Waals surface area contributed by atoms with Crippen molar-refractivity contribution in [3.8, 4) is 17.2 Å². The molecular formula is C16H24ClN3O3. The van der Waals surface area contributed by atoms with Crippen LogP contribution < -0.4 is 19.5 Å². The Labute approximate surface area is 143 Å². The molecule has 0 bridgehead atoms. The summed E-state index contributed by atoms with van der Waals surface area (Å²) in [7, 11) is 4.85. The summed E-state index contributed by atoms with van der Waals surface area (Å²) < 4.78 is 18.1. The van der Waals surface area contributed by atoms with Crippen LogP contribution in [0.25, 0.3) is 0 Å². The molecule has 1 N–H and O–H groups in total. The van der Waals surface area contributed by atoms with Crippen molar-refractivity contribution in [1.82, 2.24) is 14.9 Å². The van der Waals surface area contributed by atoms with Gasteiger partial charge in [-0.1, -0.05) is 0 Å². The first-order chi connectivity index (χ1) is 10.7. The Kier molecular flexibility index (Phi) is 7.71. The lowest BCUT2D eigenvalue weighted by molar-refractivity contribution is 0.323. The van der Waals surface area contributed by atoms with Gasteiger partial charge in [0.2, 0.25) is 5.75 Å². The van der Waals surface area contributed by atoms with Gasteiger partial charge in [0.1, 0.15) is 0 Å². The third-order valence-electron chi connectivity index (χ3n) is 3.42. The highest BCUT2D eigenvalue weighted by atomic mass is 35.5. The maximum atomic E-state index is 5.37. The van der Waals surface area contributed by atoms with E-state index in [4.69, 9.17) is 14.2 Å². The maximum Gasteiger partial charge on any atom is 0.203 e. The van der Waals surface area contributed by atoms with Gasteiger partial charge in [-0.05, 0) is 24.6 Å². The number of rotatable bonds is 8. The second kappa shape index (κ2) is 9.27. The van der Waals surface area contributed by atoms with E-state index >= 15 is 0 Å². The minimum atomic E-state index is 0. The number of hydrogen-bond acceptors (Lipinski definition) is 5. The van der Waals surface area contributed by atoms with Crippen LogP contribution in [0.2, 0.25) is 0 Å². The van der Waals surface area contributed by atoms with Crippen molar-refractivity contribution in [3.05, 3.63) is 36.4 Å². The Balaban J connectivity index is 0.00000264. The summed E-state index contributed by atoms with van der Waals surface area (Å²) in [5.74, 6) is 1.95. The highest BCUT2D eigenvalue weighted by molar-refractivity contribution is 5.85. The second-order valence-corrected chi connectivity index (χ2v) is 5.08. The molecule has 2 aromatic rings. The van der Waals surface area contributed by atoms with Gasteiger partial charge in [0.15, 0.2) is 11.5 Å². The van der Waals surface area contributed by atoms with Crippen LogP contribution in [0.5, 0.6) is 17.2 Å². The predicted molar refractivity (Wildman–Crippen MR) is 91.9 cm³/mol. The molecule has 128 valence electrons. The van der Waals surface area contributed by atoms with Gasteiger partial charge in [-0.15, -0.1) is 12.4 Å². The lowest BCUT2D eigenvalue weighted by Crippen LogP contribution is -2.29. The van der Waals surface area contributed by atoms with Gasteiger partial charge in [0.05, 0.1) is 27.7 Å². The number of imidazole rings is 1. The largest absolute Gasteiger partial charge is 0.493 e. The number of halogens is 1. The van der Waals surface area contributed by atoms with Gasteiger partial charge >= 0.3 is 0 Å². The number of nitrogens with zero attached hydrogens (tertiary/aromatic N) is 2. The first-order valence-electron chi connectivity index (χ1n) is 7.16. The molecule has 1 aromatic carbocycles. The van der Waals surface area contributed by atoms with E-state index in [1.54, 1.807) is 27.5 Å². The van der Waals surface area contributed by atoms with Crippen molar-refractivity contribution in [2.24, 2.45) is 0 Å². The molecule has 0 fully saturated rings. The molecule has 0 saturated carbocycles. The van der Waals surface area contributed by atoms with Crippen molar-refractivity contribution in [3.63, 3.8) is 0 Å². The Morgan fingerprint density at radius 3 is 2.26 bits per heavy atom. The van der Waals surface area contributed by atoms with Crippen LogP contribution in [0.1, 0.15) is 12.5 Å². The van der Waals surface area contributed by atoms with E-state index in [2.05, 4.69) is 17.2 Å². The Morgan fingerprint density at radius 1 is 1.13 bits per heavy atom. The van der Waals surface area contributed by atoms with E-state index in [1.807, 2.05) is 29.2 Å². The van der Waals surface area contributed by atoms with E-state index in [1.165, 1.54) is 0 Å². The quantitative estimate of drug-likeness (QED) is 0.799. The first kappa shape index (κ1) is 19.1. The summed E-state index contributed by atoms with van der Waals surface area (Å²) in [5, 5.41) is 3.48. The second-order valence-electron chi connectivity index (χ2n) is 5.08. The summed E-state index contributed by atoms with van der Waals surface area (Å²) in [6.45, 7) is 3.72. The maximum absolute atomic E-state index is 5.37. The predicted octanol–water partition coefficient (Wildman–Crippen LogP) is 2.51. The fourth-order valence-electron chi connectivity index (χ4n) is 2.31. The number of ether oxygens (including phenoxy) is 3. The smallest absolute Gasteiger partial charge is 0.203 e. The number of nitrogens with one attached hydrogen (secondary N) is 1. The normalized spacial score (nSPS) is 11.5.